The Hall–Kier alpha value is -2.28. The van der Waals surface area contributed by atoms with E-state index in [4.69, 9.17) is 4.74 Å². The molecule has 0 radical (unpaired) electrons. The van der Waals surface area contributed by atoms with Gasteiger partial charge in [-0.2, -0.15) is 0 Å². The van der Waals surface area contributed by atoms with Crippen LogP contribution in [-0.2, 0) is 14.3 Å². The third-order valence-electron chi connectivity index (χ3n) is 4.30. The average molecular weight is 390 g/mol. The molecular weight excluding hydrogens is 362 g/mol. The van der Waals surface area contributed by atoms with Crippen molar-refractivity contribution in [2.75, 3.05) is 12.9 Å². The predicted octanol–water partition coefficient (Wildman–Crippen LogP) is 3.29. The Kier molecular flexibility index (Phi) is 7.47. The molecule has 1 N–H and O–H groups in total. The van der Waals surface area contributed by atoms with Crippen LogP contribution in [0.4, 0.5) is 0 Å². The van der Waals surface area contributed by atoms with Gasteiger partial charge in [-0.1, -0.05) is 37.7 Å². The number of nitrogens with zero attached hydrogens (tertiary/aromatic N) is 2. The van der Waals surface area contributed by atoms with Crippen LogP contribution in [0.25, 0.3) is 5.69 Å². The number of aromatic nitrogens is 2. The number of nitrogens with one attached hydrogen (secondary N) is 1. The lowest BCUT2D eigenvalue weighted by molar-refractivity contribution is -0.145. The Morgan fingerprint density at radius 3 is 2.70 bits per heavy atom. The van der Waals surface area contributed by atoms with Gasteiger partial charge in [0.1, 0.15) is 6.04 Å². The second-order valence-electron chi connectivity index (χ2n) is 6.86. The quantitative estimate of drug-likeness (QED) is 0.554. The fourth-order valence-electron chi connectivity index (χ4n) is 2.77. The van der Waals surface area contributed by atoms with E-state index in [2.05, 4.69) is 30.2 Å². The molecular formula is C20H27N3O3S. The van der Waals surface area contributed by atoms with Gasteiger partial charge in [0.05, 0.1) is 18.6 Å². The minimum absolute atomic E-state index is 0.174. The van der Waals surface area contributed by atoms with Gasteiger partial charge in [-0.25, -0.2) is 9.78 Å². The largest absolute Gasteiger partial charge is 0.467 e. The number of imidazole rings is 1. The highest BCUT2D eigenvalue weighted by molar-refractivity contribution is 7.99. The van der Waals surface area contributed by atoms with E-state index >= 15 is 0 Å². The maximum absolute atomic E-state index is 12.3. The van der Waals surface area contributed by atoms with Crippen LogP contribution in [0, 0.1) is 19.8 Å². The first-order valence-electron chi connectivity index (χ1n) is 8.93. The highest BCUT2D eigenvalue weighted by Gasteiger charge is 2.23. The van der Waals surface area contributed by atoms with Crippen molar-refractivity contribution in [2.45, 2.75) is 45.3 Å². The van der Waals surface area contributed by atoms with Gasteiger partial charge in [0.15, 0.2) is 5.16 Å². The lowest BCUT2D eigenvalue weighted by Crippen LogP contribution is -2.43. The summed E-state index contributed by atoms with van der Waals surface area (Å²) in [5.41, 5.74) is 3.41. The van der Waals surface area contributed by atoms with Crippen LogP contribution in [0.2, 0.25) is 0 Å². The number of carbonyl (C=O) groups is 2. The molecule has 1 aromatic carbocycles. The summed E-state index contributed by atoms with van der Waals surface area (Å²) in [6.07, 6.45) is 4.15. The number of hydrogen-bond acceptors (Lipinski definition) is 5. The number of thioether (sulfide) groups is 1. The van der Waals surface area contributed by atoms with Crippen LogP contribution >= 0.6 is 11.8 Å². The van der Waals surface area contributed by atoms with Crippen molar-refractivity contribution in [2.24, 2.45) is 5.92 Å². The monoisotopic (exact) mass is 389 g/mol. The Labute approximate surface area is 164 Å². The molecule has 2 aromatic rings. The van der Waals surface area contributed by atoms with E-state index in [0.29, 0.717) is 6.42 Å². The highest BCUT2D eigenvalue weighted by atomic mass is 32.2. The minimum atomic E-state index is -0.623. The number of amides is 1. The second kappa shape index (κ2) is 9.60. The van der Waals surface area contributed by atoms with Crippen molar-refractivity contribution >= 4 is 23.6 Å². The van der Waals surface area contributed by atoms with Gasteiger partial charge in [-0.05, 0) is 43.4 Å². The number of carbonyl (C=O) groups excluding carboxylic acids is 2. The lowest BCUT2D eigenvalue weighted by atomic mass is 10.0. The zero-order chi connectivity index (χ0) is 20.0. The molecule has 0 aliphatic heterocycles. The summed E-state index contributed by atoms with van der Waals surface area (Å²) in [6, 6.07) is 5.48. The first-order chi connectivity index (χ1) is 12.8. The van der Waals surface area contributed by atoms with Crippen molar-refractivity contribution in [1.82, 2.24) is 14.9 Å². The molecule has 146 valence electrons. The van der Waals surface area contributed by atoms with Gasteiger partial charge >= 0.3 is 5.97 Å². The summed E-state index contributed by atoms with van der Waals surface area (Å²) < 4.78 is 6.77. The second-order valence-corrected chi connectivity index (χ2v) is 7.80. The van der Waals surface area contributed by atoms with Crippen LogP contribution in [0.1, 0.15) is 31.4 Å². The van der Waals surface area contributed by atoms with Gasteiger partial charge in [-0.3, -0.25) is 9.36 Å². The van der Waals surface area contributed by atoms with Crippen molar-refractivity contribution in [3.63, 3.8) is 0 Å². The number of ether oxygens (including phenoxy) is 1. The summed E-state index contributed by atoms with van der Waals surface area (Å²) in [4.78, 5) is 28.6. The van der Waals surface area contributed by atoms with Crippen molar-refractivity contribution < 1.29 is 14.3 Å². The fourth-order valence-corrected chi connectivity index (χ4v) is 3.55. The smallest absolute Gasteiger partial charge is 0.328 e. The molecule has 6 nitrogen and oxygen atoms in total. The van der Waals surface area contributed by atoms with E-state index in [1.54, 1.807) is 6.20 Å². The van der Waals surface area contributed by atoms with Crippen LogP contribution in [-0.4, -0.2) is 40.3 Å². The molecule has 7 heteroatoms. The zero-order valence-corrected chi connectivity index (χ0v) is 17.3. The molecule has 2 rings (SSSR count). The maximum atomic E-state index is 12.3. The van der Waals surface area contributed by atoms with E-state index in [-0.39, 0.29) is 17.6 Å². The predicted molar refractivity (Wildman–Crippen MR) is 107 cm³/mol. The zero-order valence-electron chi connectivity index (χ0n) is 16.5. The third kappa shape index (κ3) is 5.60. The topological polar surface area (TPSA) is 73.2 Å². The Morgan fingerprint density at radius 2 is 2.04 bits per heavy atom. The van der Waals surface area contributed by atoms with Crippen molar-refractivity contribution in [3.05, 3.63) is 41.7 Å². The Morgan fingerprint density at radius 1 is 1.30 bits per heavy atom. The molecule has 0 aliphatic carbocycles. The van der Waals surface area contributed by atoms with Gasteiger partial charge < -0.3 is 10.1 Å². The third-order valence-corrected chi connectivity index (χ3v) is 5.27. The minimum Gasteiger partial charge on any atom is -0.467 e. The number of benzene rings is 1. The summed E-state index contributed by atoms with van der Waals surface area (Å²) in [5, 5.41) is 3.50. The van der Waals surface area contributed by atoms with Gasteiger partial charge in [0.2, 0.25) is 5.91 Å². The molecule has 0 saturated heterocycles. The molecule has 0 fully saturated rings. The van der Waals surface area contributed by atoms with E-state index in [1.807, 2.05) is 36.7 Å². The van der Waals surface area contributed by atoms with Crippen LogP contribution < -0.4 is 5.32 Å². The molecule has 1 aromatic heterocycles. The van der Waals surface area contributed by atoms with Crippen LogP contribution in [0.3, 0.4) is 0 Å². The molecule has 1 heterocycles. The van der Waals surface area contributed by atoms with E-state index in [9.17, 15) is 9.59 Å². The standard InChI is InChI=1S/C20H27N3O3S/c1-13(2)11-16(19(25)26-5)22-18(24)12-27-20-21-9-10-23(20)17-8-6-7-14(3)15(17)4/h6-10,13,16H,11-12H2,1-5H3,(H,22,24). The van der Waals surface area contributed by atoms with Crippen molar-refractivity contribution in [3.8, 4) is 5.69 Å². The number of hydrogen-bond donors (Lipinski definition) is 1. The van der Waals surface area contributed by atoms with Gasteiger partial charge in [-0.15, -0.1) is 0 Å². The molecule has 1 unspecified atom stereocenters. The van der Waals surface area contributed by atoms with E-state index in [0.717, 1.165) is 10.8 Å². The van der Waals surface area contributed by atoms with Crippen LogP contribution in [0.5, 0.6) is 0 Å². The molecule has 0 spiro atoms. The summed E-state index contributed by atoms with van der Waals surface area (Å²) >= 11 is 1.34. The Balaban J connectivity index is 2.05. The number of rotatable bonds is 8. The molecule has 1 atom stereocenters. The summed E-state index contributed by atoms with van der Waals surface area (Å²) in [7, 11) is 1.33. The van der Waals surface area contributed by atoms with E-state index in [1.165, 1.54) is 30.0 Å². The molecule has 1 amide bonds. The normalized spacial score (nSPS) is 12.1. The molecule has 0 bridgehead atoms. The van der Waals surface area contributed by atoms with E-state index < -0.39 is 12.0 Å². The first kappa shape index (κ1) is 21.0. The highest BCUT2D eigenvalue weighted by Crippen LogP contribution is 2.24. The number of aryl methyl sites for hydroxylation is 1. The van der Waals surface area contributed by atoms with Crippen molar-refractivity contribution in [1.29, 1.82) is 0 Å². The van der Waals surface area contributed by atoms with Gasteiger partial charge in [0, 0.05) is 12.4 Å². The number of esters is 1. The number of methoxy groups -OCH3 is 1. The molecule has 0 saturated carbocycles. The summed E-state index contributed by atoms with van der Waals surface area (Å²) in [6.45, 7) is 8.13. The maximum Gasteiger partial charge on any atom is 0.328 e. The molecule has 0 aliphatic rings. The lowest BCUT2D eigenvalue weighted by Gasteiger charge is -2.18. The first-order valence-corrected chi connectivity index (χ1v) is 9.92. The average Bonchev–Trinajstić information content (AvgIpc) is 3.09. The van der Waals surface area contributed by atoms with Crippen LogP contribution in [0.15, 0.2) is 35.7 Å². The molecule has 27 heavy (non-hydrogen) atoms. The SMILES string of the molecule is COC(=O)C(CC(C)C)NC(=O)CSc1nccn1-c1cccc(C)c1C. The summed E-state index contributed by atoms with van der Waals surface area (Å²) in [5.74, 6) is -0.191. The fraction of sp³-hybridized carbons (Fsp3) is 0.450. The Bertz CT molecular complexity index is 802. The van der Waals surface area contributed by atoms with Gasteiger partial charge in [0.25, 0.3) is 0 Å².